The first-order valence-electron chi connectivity index (χ1n) is 7.04. The molecule has 1 heterocycles. The van der Waals surface area contributed by atoms with Gasteiger partial charge >= 0.3 is 0 Å². The van der Waals surface area contributed by atoms with Gasteiger partial charge in [0, 0.05) is 30.4 Å². The summed E-state index contributed by atoms with van der Waals surface area (Å²) in [6.07, 6.45) is 2.43. The molecular formula is C16H20N2O3. The Hall–Kier alpha value is -2.17. The molecular weight excluding hydrogens is 268 g/mol. The third-order valence-electron chi connectivity index (χ3n) is 3.89. The van der Waals surface area contributed by atoms with E-state index in [-0.39, 0.29) is 0 Å². The van der Waals surface area contributed by atoms with Gasteiger partial charge in [0.15, 0.2) is 11.5 Å². The molecule has 1 aliphatic carbocycles. The zero-order valence-electron chi connectivity index (χ0n) is 12.8. The van der Waals surface area contributed by atoms with Crippen LogP contribution in [0.4, 0.5) is 5.69 Å². The number of benzene rings is 1. The van der Waals surface area contributed by atoms with Crippen molar-refractivity contribution < 1.29 is 14.2 Å². The van der Waals surface area contributed by atoms with E-state index in [1.54, 1.807) is 21.3 Å². The Labute approximate surface area is 124 Å². The number of ether oxygens (including phenoxy) is 3. The van der Waals surface area contributed by atoms with Crippen molar-refractivity contribution in [2.75, 3.05) is 33.7 Å². The summed E-state index contributed by atoms with van der Waals surface area (Å²) in [4.78, 5) is 4.78. The lowest BCUT2D eigenvalue weighted by atomic mass is 10.1. The number of fused-ring (bicyclic) bond motifs is 1. The smallest absolute Gasteiger partial charge is 0.204 e. The van der Waals surface area contributed by atoms with E-state index in [1.165, 1.54) is 12.8 Å². The minimum absolute atomic E-state index is 0.584. The quantitative estimate of drug-likeness (QED) is 0.915. The summed E-state index contributed by atoms with van der Waals surface area (Å²) in [5.41, 5.74) is 2.99. The normalized spacial score (nSPS) is 14.1. The highest BCUT2D eigenvalue weighted by molar-refractivity contribution is 6.00. The van der Waals surface area contributed by atoms with Crippen molar-refractivity contribution in [3.8, 4) is 17.2 Å². The maximum Gasteiger partial charge on any atom is 0.204 e. The van der Waals surface area contributed by atoms with Crippen LogP contribution in [-0.4, -0.2) is 33.4 Å². The topological polar surface area (TPSA) is 52.6 Å². The summed E-state index contributed by atoms with van der Waals surface area (Å²) in [6, 6.07) is 4.01. The number of hydrogen-bond donors (Lipinski definition) is 1. The van der Waals surface area contributed by atoms with Gasteiger partial charge in [-0.15, -0.1) is 0 Å². The SMILES string of the molecule is CNc1cc(C2CC2)nc2cc(OC)c(OC)c(OC)c12. The van der Waals surface area contributed by atoms with Gasteiger partial charge in [0.2, 0.25) is 5.75 Å². The van der Waals surface area contributed by atoms with Crippen molar-refractivity contribution in [2.24, 2.45) is 0 Å². The monoisotopic (exact) mass is 288 g/mol. The minimum Gasteiger partial charge on any atom is -0.493 e. The highest BCUT2D eigenvalue weighted by atomic mass is 16.5. The van der Waals surface area contributed by atoms with Gasteiger partial charge in [0.05, 0.1) is 32.2 Å². The van der Waals surface area contributed by atoms with Gasteiger partial charge in [-0.05, 0) is 18.9 Å². The van der Waals surface area contributed by atoms with Crippen LogP contribution in [-0.2, 0) is 0 Å². The molecule has 0 amide bonds. The van der Waals surface area contributed by atoms with E-state index in [1.807, 2.05) is 13.1 Å². The molecule has 0 radical (unpaired) electrons. The van der Waals surface area contributed by atoms with Gasteiger partial charge in [0.25, 0.3) is 0 Å². The molecule has 0 atom stereocenters. The number of anilines is 1. The molecule has 0 aliphatic heterocycles. The molecule has 21 heavy (non-hydrogen) atoms. The molecule has 1 aliphatic rings. The fourth-order valence-electron chi connectivity index (χ4n) is 2.67. The highest BCUT2D eigenvalue weighted by Crippen LogP contribution is 2.47. The molecule has 0 bridgehead atoms. The highest BCUT2D eigenvalue weighted by Gasteiger charge is 2.27. The summed E-state index contributed by atoms with van der Waals surface area (Å²) >= 11 is 0. The Kier molecular flexibility index (Phi) is 3.49. The number of nitrogens with one attached hydrogen (secondary N) is 1. The second kappa shape index (κ2) is 5.31. The number of pyridine rings is 1. The molecule has 1 aromatic heterocycles. The van der Waals surface area contributed by atoms with Gasteiger partial charge in [-0.1, -0.05) is 0 Å². The maximum absolute atomic E-state index is 5.57. The average Bonchev–Trinajstić information content (AvgIpc) is 3.36. The van der Waals surface area contributed by atoms with E-state index in [0.717, 1.165) is 22.3 Å². The van der Waals surface area contributed by atoms with Gasteiger partial charge in [-0.3, -0.25) is 4.98 Å². The van der Waals surface area contributed by atoms with E-state index in [2.05, 4.69) is 11.4 Å². The molecule has 0 saturated heterocycles. The summed E-state index contributed by atoms with van der Waals surface area (Å²) in [5, 5.41) is 4.16. The summed E-state index contributed by atoms with van der Waals surface area (Å²) in [6.45, 7) is 0. The average molecular weight is 288 g/mol. The van der Waals surface area contributed by atoms with E-state index in [0.29, 0.717) is 23.2 Å². The lowest BCUT2D eigenvalue weighted by molar-refractivity contribution is 0.327. The van der Waals surface area contributed by atoms with Crippen LogP contribution in [0, 0.1) is 0 Å². The largest absolute Gasteiger partial charge is 0.493 e. The Balaban J connectivity index is 2.34. The first kappa shape index (κ1) is 13.8. The molecule has 0 spiro atoms. The first-order valence-corrected chi connectivity index (χ1v) is 7.04. The van der Waals surface area contributed by atoms with E-state index < -0.39 is 0 Å². The second-order valence-corrected chi connectivity index (χ2v) is 5.16. The van der Waals surface area contributed by atoms with Crippen LogP contribution >= 0.6 is 0 Å². The number of rotatable bonds is 5. The van der Waals surface area contributed by atoms with Crippen LogP contribution in [0.5, 0.6) is 17.2 Å². The Morgan fingerprint density at radius 2 is 1.76 bits per heavy atom. The molecule has 1 fully saturated rings. The maximum atomic E-state index is 5.57. The van der Waals surface area contributed by atoms with Gasteiger partial charge in [0.1, 0.15) is 0 Å². The van der Waals surface area contributed by atoms with Crippen molar-refractivity contribution in [3.05, 3.63) is 17.8 Å². The molecule has 5 heteroatoms. The Bertz CT molecular complexity index is 681. The van der Waals surface area contributed by atoms with Gasteiger partial charge in [-0.2, -0.15) is 0 Å². The lowest BCUT2D eigenvalue weighted by Gasteiger charge is -2.17. The fourth-order valence-corrected chi connectivity index (χ4v) is 2.67. The van der Waals surface area contributed by atoms with Crippen LogP contribution in [0.1, 0.15) is 24.5 Å². The van der Waals surface area contributed by atoms with Gasteiger partial charge < -0.3 is 19.5 Å². The number of hydrogen-bond acceptors (Lipinski definition) is 5. The van der Waals surface area contributed by atoms with Crippen molar-refractivity contribution >= 4 is 16.6 Å². The minimum atomic E-state index is 0.584. The predicted molar refractivity (Wildman–Crippen MR) is 82.9 cm³/mol. The third-order valence-corrected chi connectivity index (χ3v) is 3.89. The van der Waals surface area contributed by atoms with E-state index in [9.17, 15) is 0 Å². The first-order chi connectivity index (χ1) is 10.2. The molecule has 5 nitrogen and oxygen atoms in total. The second-order valence-electron chi connectivity index (χ2n) is 5.16. The molecule has 0 unspecified atom stereocenters. The van der Waals surface area contributed by atoms with Crippen molar-refractivity contribution in [2.45, 2.75) is 18.8 Å². The van der Waals surface area contributed by atoms with Crippen LogP contribution in [0.25, 0.3) is 10.9 Å². The van der Waals surface area contributed by atoms with Crippen LogP contribution in [0.3, 0.4) is 0 Å². The van der Waals surface area contributed by atoms with E-state index in [4.69, 9.17) is 19.2 Å². The molecule has 3 rings (SSSR count). The zero-order valence-corrected chi connectivity index (χ0v) is 12.8. The summed E-state index contributed by atoms with van der Waals surface area (Å²) < 4.78 is 16.4. The molecule has 1 N–H and O–H groups in total. The fraction of sp³-hybridized carbons (Fsp3) is 0.438. The third kappa shape index (κ3) is 2.22. The van der Waals surface area contributed by atoms with Crippen molar-refractivity contribution in [1.29, 1.82) is 0 Å². The van der Waals surface area contributed by atoms with Crippen molar-refractivity contribution in [1.82, 2.24) is 4.98 Å². The standard InChI is InChI=1S/C16H20N2O3/c1-17-11-7-10(9-5-6-9)18-12-8-13(19-2)15(20-3)16(21-4)14(11)12/h7-9H,5-6H2,1-4H3,(H,17,18). The molecule has 1 saturated carbocycles. The molecule has 1 aromatic carbocycles. The summed E-state index contributed by atoms with van der Waals surface area (Å²) in [5.74, 6) is 2.45. The summed E-state index contributed by atoms with van der Waals surface area (Å²) in [7, 11) is 6.76. The van der Waals surface area contributed by atoms with Crippen molar-refractivity contribution in [3.63, 3.8) is 0 Å². The number of methoxy groups -OCH3 is 3. The zero-order chi connectivity index (χ0) is 15.0. The van der Waals surface area contributed by atoms with E-state index >= 15 is 0 Å². The Morgan fingerprint density at radius 3 is 2.29 bits per heavy atom. The number of aromatic nitrogens is 1. The number of nitrogens with zero attached hydrogens (tertiary/aromatic N) is 1. The van der Waals surface area contributed by atoms with Gasteiger partial charge in [-0.25, -0.2) is 0 Å². The molecule has 112 valence electrons. The predicted octanol–water partition coefficient (Wildman–Crippen LogP) is 3.18. The lowest BCUT2D eigenvalue weighted by Crippen LogP contribution is -2.01. The van der Waals surface area contributed by atoms with Crippen LogP contribution in [0.15, 0.2) is 12.1 Å². The van der Waals surface area contributed by atoms with Crippen LogP contribution < -0.4 is 19.5 Å². The Morgan fingerprint density at radius 1 is 1.05 bits per heavy atom. The van der Waals surface area contributed by atoms with Crippen LogP contribution in [0.2, 0.25) is 0 Å². The molecule has 2 aromatic rings.